The van der Waals surface area contributed by atoms with Gasteiger partial charge in [0.15, 0.2) is 0 Å². The van der Waals surface area contributed by atoms with Crippen molar-refractivity contribution >= 4 is 16.5 Å². The predicted octanol–water partition coefficient (Wildman–Crippen LogP) is 2.39. The molecule has 0 spiro atoms. The molecule has 1 aliphatic rings. The molecular formula is C10H7F3NO2S-. The highest BCUT2D eigenvalue weighted by Gasteiger charge is 2.29. The van der Waals surface area contributed by atoms with Gasteiger partial charge in [-0.3, -0.25) is 4.21 Å². The monoisotopic (exact) mass is 262 g/mol. The van der Waals surface area contributed by atoms with E-state index in [1.807, 2.05) is 0 Å². The number of nitrogens with zero attached hydrogens (tertiary/aromatic N) is 1. The van der Waals surface area contributed by atoms with Crippen molar-refractivity contribution in [3.05, 3.63) is 41.1 Å². The molecule has 1 heterocycles. The fraction of sp³-hybridized carbons (Fsp3) is 0.200. The third kappa shape index (κ3) is 2.44. The first-order valence-corrected chi connectivity index (χ1v) is 5.85. The molecule has 0 saturated carbocycles. The zero-order chi connectivity index (χ0) is 12.6. The van der Waals surface area contributed by atoms with Crippen molar-refractivity contribution < 1.29 is 22.5 Å². The lowest BCUT2D eigenvalue weighted by Gasteiger charge is -2.26. The summed E-state index contributed by atoms with van der Waals surface area (Å²) in [6.07, 6.45) is -2.09. The fourth-order valence-corrected chi connectivity index (χ4v) is 2.15. The first-order chi connectivity index (χ1) is 7.88. The highest BCUT2D eigenvalue weighted by atomic mass is 32.2. The molecule has 0 amide bonds. The topological polar surface area (TPSA) is 40.5 Å². The van der Waals surface area contributed by atoms with E-state index in [1.54, 1.807) is 0 Å². The Morgan fingerprint density at radius 3 is 2.65 bits per heavy atom. The molecule has 1 N–H and O–H groups in total. The summed E-state index contributed by atoms with van der Waals surface area (Å²) in [6, 6.07) is 4.54. The van der Waals surface area contributed by atoms with E-state index in [2.05, 4.69) is 6.20 Å². The van der Waals surface area contributed by atoms with Crippen molar-refractivity contribution in [2.24, 2.45) is 0 Å². The summed E-state index contributed by atoms with van der Waals surface area (Å²) < 4.78 is 48.5. The van der Waals surface area contributed by atoms with Crippen LogP contribution in [0.2, 0.25) is 0 Å². The van der Waals surface area contributed by atoms with Crippen LogP contribution < -0.4 is 4.90 Å². The van der Waals surface area contributed by atoms with E-state index >= 15 is 0 Å². The Bertz CT molecular complexity index is 499. The Kier molecular flexibility index (Phi) is 2.86. The van der Waals surface area contributed by atoms with Crippen LogP contribution in [0.5, 0.6) is 0 Å². The van der Waals surface area contributed by atoms with Gasteiger partial charge in [0.2, 0.25) is 0 Å². The molecule has 3 nitrogen and oxygen atoms in total. The molecule has 2 rings (SSSR count). The van der Waals surface area contributed by atoms with E-state index in [9.17, 15) is 17.4 Å². The van der Waals surface area contributed by atoms with E-state index < -0.39 is 27.6 Å². The van der Waals surface area contributed by atoms with Crippen LogP contribution in [0.25, 0.3) is 0 Å². The van der Waals surface area contributed by atoms with Crippen LogP contribution in [0, 0.1) is 6.20 Å². The van der Waals surface area contributed by atoms with Crippen molar-refractivity contribution in [1.29, 1.82) is 0 Å². The van der Waals surface area contributed by atoms with Gasteiger partial charge in [-0.2, -0.15) is 13.2 Å². The molecule has 0 bridgehead atoms. The second-order valence-corrected chi connectivity index (χ2v) is 4.70. The SMILES string of the molecule is O=S1CN(c2cccc(C(F)(F)F)c2)[C-]=C1O. The molecule has 0 fully saturated rings. The van der Waals surface area contributed by atoms with Gasteiger partial charge in [0.1, 0.15) is 5.09 Å². The van der Waals surface area contributed by atoms with Gasteiger partial charge in [-0.05, 0) is 0 Å². The Hall–Kier alpha value is -1.50. The number of hydrogen-bond donors (Lipinski definition) is 1. The van der Waals surface area contributed by atoms with Crippen LogP contribution in [-0.4, -0.2) is 15.2 Å². The lowest BCUT2D eigenvalue weighted by molar-refractivity contribution is -0.137. The van der Waals surface area contributed by atoms with Gasteiger partial charge in [-0.25, -0.2) is 0 Å². The smallest absolute Gasteiger partial charge is 0.415 e. The second-order valence-electron chi connectivity index (χ2n) is 3.37. The summed E-state index contributed by atoms with van der Waals surface area (Å²) in [6.45, 7) is 0. The molecule has 1 aromatic rings. The first kappa shape index (κ1) is 12.0. The molecule has 1 aromatic carbocycles. The van der Waals surface area contributed by atoms with Crippen molar-refractivity contribution in [2.45, 2.75) is 6.18 Å². The van der Waals surface area contributed by atoms with Crippen molar-refractivity contribution in [3.63, 3.8) is 0 Å². The number of hydrogen-bond acceptors (Lipinski definition) is 3. The summed E-state index contributed by atoms with van der Waals surface area (Å²) in [7, 11) is -1.62. The number of aliphatic hydroxyl groups excluding tert-OH is 1. The molecule has 0 saturated heterocycles. The summed E-state index contributed by atoms with van der Waals surface area (Å²) in [5.41, 5.74) is -0.605. The third-order valence-electron chi connectivity index (χ3n) is 2.18. The largest absolute Gasteiger partial charge is 0.517 e. The maximum Gasteiger partial charge on any atom is 0.415 e. The van der Waals surface area contributed by atoms with E-state index in [0.29, 0.717) is 0 Å². The molecule has 0 aromatic heterocycles. The maximum absolute atomic E-state index is 12.5. The Morgan fingerprint density at radius 2 is 2.12 bits per heavy atom. The first-order valence-electron chi connectivity index (χ1n) is 4.53. The number of alkyl halides is 3. The van der Waals surface area contributed by atoms with E-state index in [4.69, 9.17) is 5.11 Å². The standard InChI is InChI=1S/C10H7F3NO2S/c11-10(12,13)7-2-1-3-8(4-7)14-5-9(15)17(16)6-14/h1-4,15H,6H2/q-1. The average Bonchev–Trinajstić information content (AvgIpc) is 2.58. The minimum absolute atomic E-state index is 0.0901. The van der Waals surface area contributed by atoms with E-state index in [-0.39, 0.29) is 11.6 Å². The number of aliphatic hydroxyl groups is 1. The lowest BCUT2D eigenvalue weighted by Crippen LogP contribution is -2.16. The average molecular weight is 262 g/mol. The fourth-order valence-electron chi connectivity index (χ4n) is 1.37. The second kappa shape index (κ2) is 4.06. The molecule has 92 valence electrons. The van der Waals surface area contributed by atoms with Crippen molar-refractivity contribution in [3.8, 4) is 0 Å². The van der Waals surface area contributed by atoms with Gasteiger partial charge in [0.05, 0.1) is 16.7 Å². The van der Waals surface area contributed by atoms with Crippen LogP contribution in [0.4, 0.5) is 18.9 Å². The Morgan fingerprint density at radius 1 is 1.41 bits per heavy atom. The van der Waals surface area contributed by atoms with Crippen LogP contribution in [-0.2, 0) is 17.0 Å². The maximum atomic E-state index is 12.5. The molecule has 17 heavy (non-hydrogen) atoms. The quantitative estimate of drug-likeness (QED) is 0.790. The van der Waals surface area contributed by atoms with Crippen molar-refractivity contribution in [2.75, 3.05) is 10.8 Å². The van der Waals surface area contributed by atoms with Gasteiger partial charge in [-0.1, -0.05) is 12.1 Å². The molecular weight excluding hydrogens is 255 g/mol. The molecule has 0 aliphatic carbocycles. The lowest BCUT2D eigenvalue weighted by atomic mass is 10.2. The molecule has 7 heteroatoms. The highest BCUT2D eigenvalue weighted by molar-refractivity contribution is 7.89. The zero-order valence-corrected chi connectivity index (χ0v) is 9.18. The Balaban J connectivity index is 2.33. The number of rotatable bonds is 1. The van der Waals surface area contributed by atoms with Gasteiger partial charge in [0, 0.05) is 5.56 Å². The number of halogens is 3. The van der Waals surface area contributed by atoms with Crippen LogP contribution in [0.1, 0.15) is 5.56 Å². The van der Waals surface area contributed by atoms with Crippen LogP contribution in [0.3, 0.4) is 0 Å². The van der Waals surface area contributed by atoms with Crippen molar-refractivity contribution in [1.82, 2.24) is 0 Å². The normalized spacial score (nSPS) is 20.5. The van der Waals surface area contributed by atoms with Crippen LogP contribution in [0.15, 0.2) is 29.4 Å². The van der Waals surface area contributed by atoms with Gasteiger partial charge < -0.3 is 10.0 Å². The Labute approximate surface area is 97.6 Å². The predicted molar refractivity (Wildman–Crippen MR) is 56.3 cm³/mol. The zero-order valence-electron chi connectivity index (χ0n) is 8.36. The molecule has 0 radical (unpaired) electrons. The molecule has 1 aliphatic heterocycles. The van der Waals surface area contributed by atoms with Gasteiger partial charge >= 0.3 is 6.18 Å². The number of anilines is 1. The third-order valence-corrected chi connectivity index (χ3v) is 3.19. The van der Waals surface area contributed by atoms with Crippen LogP contribution >= 0.6 is 0 Å². The highest BCUT2D eigenvalue weighted by Crippen LogP contribution is 2.32. The molecule has 1 atom stereocenters. The summed E-state index contributed by atoms with van der Waals surface area (Å²) in [4.78, 5) is 1.20. The number of benzene rings is 1. The van der Waals surface area contributed by atoms with E-state index in [0.717, 1.165) is 12.1 Å². The minimum atomic E-state index is -4.43. The summed E-state index contributed by atoms with van der Waals surface area (Å²) in [5, 5.41) is 8.64. The van der Waals surface area contributed by atoms with E-state index in [1.165, 1.54) is 17.0 Å². The van der Waals surface area contributed by atoms with Gasteiger partial charge in [0.25, 0.3) is 0 Å². The molecule has 1 unspecified atom stereocenters. The summed E-state index contributed by atoms with van der Waals surface area (Å²) >= 11 is 0. The summed E-state index contributed by atoms with van der Waals surface area (Å²) in [5.74, 6) is -0.0901. The van der Waals surface area contributed by atoms with Gasteiger partial charge in [-0.15, -0.1) is 24.0 Å². The minimum Gasteiger partial charge on any atom is -0.517 e.